The molecule has 1 heterocycles. The number of Topliss-reactive ketones (excluding diaryl/α,β-unsaturated/α-hetero) is 1. The predicted molar refractivity (Wildman–Crippen MR) is 72.4 cm³/mol. The van der Waals surface area contributed by atoms with E-state index in [0.29, 0.717) is 16.5 Å². The van der Waals surface area contributed by atoms with Crippen molar-refractivity contribution < 1.29 is 22.7 Å². The lowest BCUT2D eigenvalue weighted by Crippen LogP contribution is -2.12. The Morgan fingerprint density at radius 2 is 1.95 bits per heavy atom. The van der Waals surface area contributed by atoms with Gasteiger partial charge in [-0.2, -0.15) is 0 Å². The minimum atomic E-state index is -0.721. The maximum Gasteiger partial charge on any atom is 0.204 e. The van der Waals surface area contributed by atoms with Crippen molar-refractivity contribution >= 4 is 16.8 Å². The van der Waals surface area contributed by atoms with Gasteiger partial charge in [-0.25, -0.2) is 8.78 Å². The van der Waals surface area contributed by atoms with E-state index in [-0.39, 0.29) is 11.5 Å². The maximum atomic E-state index is 13.4. The third-order valence-electron chi connectivity index (χ3n) is 3.03. The van der Waals surface area contributed by atoms with E-state index < -0.39 is 18.2 Å². The van der Waals surface area contributed by atoms with Crippen LogP contribution < -0.4 is 4.74 Å². The molecule has 0 aliphatic rings. The van der Waals surface area contributed by atoms with Gasteiger partial charge in [-0.3, -0.25) is 4.79 Å². The van der Waals surface area contributed by atoms with Crippen LogP contribution in [-0.2, 0) is 0 Å². The first-order valence-corrected chi connectivity index (χ1v) is 6.22. The highest BCUT2D eigenvalue weighted by Crippen LogP contribution is 2.22. The van der Waals surface area contributed by atoms with Crippen molar-refractivity contribution in [3.8, 4) is 5.75 Å². The number of hydrogen-bond acceptors (Lipinski definition) is 3. The van der Waals surface area contributed by atoms with Crippen molar-refractivity contribution in [1.29, 1.82) is 0 Å². The molecule has 0 spiro atoms. The molecule has 0 saturated heterocycles. The Hall–Kier alpha value is -2.69. The minimum absolute atomic E-state index is 0.295. The van der Waals surface area contributed by atoms with E-state index in [4.69, 9.17) is 9.15 Å². The second-order valence-electron chi connectivity index (χ2n) is 4.43. The van der Waals surface area contributed by atoms with Crippen LogP contribution in [0.15, 0.2) is 53.1 Å². The van der Waals surface area contributed by atoms with Crippen molar-refractivity contribution in [3.63, 3.8) is 0 Å². The van der Waals surface area contributed by atoms with Gasteiger partial charge in [0.25, 0.3) is 0 Å². The topological polar surface area (TPSA) is 39.4 Å². The zero-order chi connectivity index (χ0) is 14.8. The highest BCUT2D eigenvalue weighted by atomic mass is 19.1. The van der Waals surface area contributed by atoms with Crippen LogP contribution in [-0.4, -0.2) is 12.4 Å². The van der Waals surface area contributed by atoms with E-state index in [9.17, 15) is 13.6 Å². The summed E-state index contributed by atoms with van der Waals surface area (Å²) in [6, 6.07) is 9.88. The summed E-state index contributed by atoms with van der Waals surface area (Å²) in [4.78, 5) is 12.1. The van der Waals surface area contributed by atoms with Crippen molar-refractivity contribution in [2.45, 2.75) is 0 Å². The lowest BCUT2D eigenvalue weighted by atomic mass is 10.1. The first kappa shape index (κ1) is 13.3. The number of rotatable bonds is 4. The number of ketones is 1. The quantitative estimate of drug-likeness (QED) is 0.682. The monoisotopic (exact) mass is 288 g/mol. The molecule has 0 aliphatic carbocycles. The molecule has 0 N–H and O–H groups in total. The number of fused-ring (bicyclic) bond motifs is 1. The van der Waals surface area contributed by atoms with E-state index in [2.05, 4.69) is 0 Å². The first-order valence-electron chi connectivity index (χ1n) is 6.22. The summed E-state index contributed by atoms with van der Waals surface area (Å²) < 4.78 is 36.7. The predicted octanol–water partition coefficient (Wildman–Crippen LogP) is 3.97. The summed E-state index contributed by atoms with van der Waals surface area (Å²) in [5.74, 6) is -2.02. The minimum Gasteiger partial charge on any atom is -0.482 e. The van der Waals surface area contributed by atoms with Crippen molar-refractivity contribution in [3.05, 3.63) is 65.9 Å². The molecule has 0 unspecified atom stereocenters. The summed E-state index contributed by atoms with van der Waals surface area (Å²) in [6.07, 6.45) is 1.33. The number of furan rings is 1. The van der Waals surface area contributed by atoms with Gasteiger partial charge in [0.2, 0.25) is 5.78 Å². The van der Waals surface area contributed by atoms with E-state index >= 15 is 0 Å². The Labute approximate surface area is 118 Å². The lowest BCUT2D eigenvalue weighted by Gasteiger charge is -2.06. The lowest BCUT2D eigenvalue weighted by molar-refractivity contribution is 0.0919. The molecule has 0 saturated carbocycles. The van der Waals surface area contributed by atoms with E-state index in [1.165, 1.54) is 6.26 Å². The SMILES string of the molecule is O=C(COc1cc(F)ccc1F)c1coc2ccccc12. The molecule has 2 aromatic carbocycles. The zero-order valence-corrected chi connectivity index (χ0v) is 10.8. The molecule has 1 aromatic heterocycles. The fourth-order valence-corrected chi connectivity index (χ4v) is 2.00. The Morgan fingerprint density at radius 1 is 1.14 bits per heavy atom. The van der Waals surface area contributed by atoms with Gasteiger partial charge in [0.15, 0.2) is 18.2 Å². The van der Waals surface area contributed by atoms with Gasteiger partial charge in [-0.05, 0) is 18.2 Å². The van der Waals surface area contributed by atoms with Gasteiger partial charge in [0, 0.05) is 11.5 Å². The van der Waals surface area contributed by atoms with Crippen LogP contribution in [0.25, 0.3) is 11.0 Å². The Balaban J connectivity index is 1.79. The molecular formula is C16H10F2O3. The van der Waals surface area contributed by atoms with Crippen molar-refractivity contribution in [1.82, 2.24) is 0 Å². The van der Waals surface area contributed by atoms with Crippen molar-refractivity contribution in [2.24, 2.45) is 0 Å². The van der Waals surface area contributed by atoms with Gasteiger partial charge < -0.3 is 9.15 Å². The van der Waals surface area contributed by atoms with E-state index in [0.717, 1.165) is 18.2 Å². The fraction of sp³-hybridized carbons (Fsp3) is 0.0625. The molecule has 5 heteroatoms. The molecule has 0 fully saturated rings. The smallest absolute Gasteiger partial charge is 0.204 e. The summed E-state index contributed by atoms with van der Waals surface area (Å²) in [5, 5.41) is 0.658. The second-order valence-corrected chi connectivity index (χ2v) is 4.43. The number of halogens is 2. The third-order valence-corrected chi connectivity index (χ3v) is 3.03. The Morgan fingerprint density at radius 3 is 2.81 bits per heavy atom. The summed E-state index contributed by atoms with van der Waals surface area (Å²) >= 11 is 0. The molecule has 0 bridgehead atoms. The normalized spacial score (nSPS) is 10.8. The van der Waals surface area contributed by atoms with Crippen LogP contribution in [0.4, 0.5) is 8.78 Å². The Bertz CT molecular complexity index is 808. The zero-order valence-electron chi connectivity index (χ0n) is 10.8. The summed E-state index contributed by atoms with van der Waals surface area (Å²) in [5.41, 5.74) is 0.931. The first-order chi connectivity index (χ1) is 10.1. The highest BCUT2D eigenvalue weighted by Gasteiger charge is 2.15. The molecule has 21 heavy (non-hydrogen) atoms. The largest absolute Gasteiger partial charge is 0.482 e. The van der Waals surface area contributed by atoms with Crippen LogP contribution in [0.5, 0.6) is 5.75 Å². The standard InChI is InChI=1S/C16H10F2O3/c17-10-5-6-13(18)16(7-10)21-9-14(19)12-8-20-15-4-2-1-3-11(12)15/h1-8H,9H2. The number of carbonyl (C=O) groups excluding carboxylic acids is 1. The van der Waals surface area contributed by atoms with Crippen LogP contribution >= 0.6 is 0 Å². The molecule has 106 valence electrons. The number of ether oxygens (including phenoxy) is 1. The van der Waals surface area contributed by atoms with Crippen molar-refractivity contribution in [2.75, 3.05) is 6.61 Å². The fourth-order valence-electron chi connectivity index (χ4n) is 2.00. The number of para-hydroxylation sites is 1. The Kier molecular flexibility index (Phi) is 3.39. The van der Waals surface area contributed by atoms with Crippen LogP contribution in [0.3, 0.4) is 0 Å². The molecule has 3 rings (SSSR count). The third kappa shape index (κ3) is 2.63. The molecular weight excluding hydrogens is 278 g/mol. The van der Waals surface area contributed by atoms with E-state index in [1.54, 1.807) is 24.3 Å². The molecule has 0 aliphatic heterocycles. The molecule has 0 atom stereocenters. The number of hydrogen-bond donors (Lipinski definition) is 0. The molecule has 0 radical (unpaired) electrons. The van der Waals surface area contributed by atoms with Gasteiger partial charge in [0.1, 0.15) is 17.7 Å². The second kappa shape index (κ2) is 5.36. The van der Waals surface area contributed by atoms with Crippen LogP contribution in [0.2, 0.25) is 0 Å². The number of carbonyl (C=O) groups is 1. The summed E-state index contributed by atoms with van der Waals surface area (Å²) in [6.45, 7) is -0.399. The highest BCUT2D eigenvalue weighted by molar-refractivity contribution is 6.07. The molecule has 0 amide bonds. The van der Waals surface area contributed by atoms with Crippen LogP contribution in [0, 0.1) is 11.6 Å². The maximum absolute atomic E-state index is 13.4. The average Bonchev–Trinajstić information content (AvgIpc) is 2.92. The number of benzene rings is 2. The van der Waals surface area contributed by atoms with Gasteiger partial charge in [0.05, 0.1) is 5.56 Å². The average molecular weight is 288 g/mol. The molecule has 3 aromatic rings. The molecule has 3 nitrogen and oxygen atoms in total. The van der Waals surface area contributed by atoms with E-state index in [1.807, 2.05) is 0 Å². The van der Waals surface area contributed by atoms with Gasteiger partial charge in [-0.1, -0.05) is 18.2 Å². The van der Waals surface area contributed by atoms with Crippen LogP contribution in [0.1, 0.15) is 10.4 Å². The van der Waals surface area contributed by atoms with Gasteiger partial charge >= 0.3 is 0 Å². The summed E-state index contributed by atoms with van der Waals surface area (Å²) in [7, 11) is 0. The van der Waals surface area contributed by atoms with Gasteiger partial charge in [-0.15, -0.1) is 0 Å².